The molecule has 0 amide bonds. The first kappa shape index (κ1) is 12.8. The number of ether oxygens (including phenoxy) is 1. The van der Waals surface area contributed by atoms with Gasteiger partial charge in [-0.3, -0.25) is 0 Å². The molecule has 0 unspecified atom stereocenters. The molecule has 1 rings (SSSR count). The number of carbonyl (C=O) groups excluding carboxylic acids is 1. The maximum Gasteiger partial charge on any atom is 0.357 e. The molecule has 0 spiro atoms. The van der Waals surface area contributed by atoms with Crippen molar-refractivity contribution >= 4 is 44.5 Å². The second kappa shape index (κ2) is 5.15. The average molecular weight is 392 g/mol. The molecule has 0 atom stereocenters. The van der Waals surface area contributed by atoms with Crippen molar-refractivity contribution in [1.29, 1.82) is 0 Å². The predicted molar refractivity (Wildman–Crippen MR) is 61.0 cm³/mol. The van der Waals surface area contributed by atoms with Crippen LogP contribution in [0, 0.1) is 3.57 Å². The van der Waals surface area contributed by atoms with E-state index >= 15 is 0 Å². The Balaban J connectivity index is 3.34. The second-order valence-electron chi connectivity index (χ2n) is 2.49. The minimum atomic E-state index is -2.76. The Kier molecular flexibility index (Phi) is 4.38. The highest BCUT2D eigenvalue weighted by Gasteiger charge is 2.22. The molecule has 0 N–H and O–H groups in total. The highest BCUT2D eigenvalue weighted by Crippen LogP contribution is 2.27. The maximum atomic E-state index is 12.6. The Morgan fingerprint density at radius 2 is 2.27 bits per heavy atom. The third-order valence-corrected chi connectivity index (χ3v) is 3.74. The Labute approximate surface area is 106 Å². The Morgan fingerprint density at radius 1 is 1.67 bits per heavy atom. The van der Waals surface area contributed by atoms with E-state index in [2.05, 4.69) is 25.7 Å². The molecule has 0 aliphatic carbocycles. The van der Waals surface area contributed by atoms with E-state index in [-0.39, 0.29) is 5.69 Å². The fourth-order valence-corrected chi connectivity index (χ4v) is 1.65. The zero-order valence-corrected chi connectivity index (χ0v) is 11.2. The molecule has 7 heteroatoms. The molecule has 3 nitrogen and oxygen atoms in total. The lowest BCUT2D eigenvalue weighted by Crippen LogP contribution is -2.10. The molecule has 0 saturated heterocycles. The summed E-state index contributed by atoms with van der Waals surface area (Å²) in [4.78, 5) is 14.9. The van der Waals surface area contributed by atoms with Gasteiger partial charge in [0.2, 0.25) is 0 Å². The molecule has 0 aliphatic heterocycles. The summed E-state index contributed by atoms with van der Waals surface area (Å²) in [5.41, 5.74) is -0.783. The van der Waals surface area contributed by atoms with Gasteiger partial charge in [0.1, 0.15) is 4.60 Å². The van der Waals surface area contributed by atoms with Crippen molar-refractivity contribution in [2.75, 3.05) is 7.11 Å². The first-order valence-electron chi connectivity index (χ1n) is 3.69. The van der Waals surface area contributed by atoms with Gasteiger partial charge in [0.05, 0.1) is 12.7 Å². The average Bonchev–Trinajstić information content (AvgIpc) is 2.20. The number of esters is 1. The van der Waals surface area contributed by atoms with E-state index in [4.69, 9.17) is 0 Å². The number of nitrogens with zero attached hydrogens (tertiary/aromatic N) is 1. The topological polar surface area (TPSA) is 39.2 Å². The summed E-state index contributed by atoms with van der Waals surface area (Å²) in [5.74, 6) is -0.873. The minimum absolute atomic E-state index is 0.341. The van der Waals surface area contributed by atoms with Gasteiger partial charge < -0.3 is 4.74 Å². The normalized spacial score (nSPS) is 10.5. The van der Waals surface area contributed by atoms with Crippen molar-refractivity contribution in [2.24, 2.45) is 0 Å². The van der Waals surface area contributed by atoms with Crippen LogP contribution in [0.15, 0.2) is 10.7 Å². The smallest absolute Gasteiger partial charge is 0.357 e. The van der Waals surface area contributed by atoms with Crippen LogP contribution in [0.5, 0.6) is 0 Å². The lowest BCUT2D eigenvalue weighted by atomic mass is 10.2. The molecular weight excluding hydrogens is 387 g/mol. The quantitative estimate of drug-likeness (QED) is 0.441. The summed E-state index contributed by atoms with van der Waals surface area (Å²) in [7, 11) is 1.12. The monoisotopic (exact) mass is 391 g/mol. The standard InChI is InChI=1S/C8H5BrF2INO2/c1-15-8(14)5-3(7(10)11)2-4(12)6(9)13-5/h2,7H,1H3. The summed E-state index contributed by atoms with van der Waals surface area (Å²) in [5, 5.41) is 0. The van der Waals surface area contributed by atoms with Crippen LogP contribution in [-0.4, -0.2) is 18.1 Å². The zero-order valence-electron chi connectivity index (χ0n) is 7.43. The summed E-state index contributed by atoms with van der Waals surface area (Å²) in [6, 6.07) is 1.20. The SMILES string of the molecule is COC(=O)c1nc(Br)c(I)cc1C(F)F. The molecule has 0 aromatic carbocycles. The van der Waals surface area contributed by atoms with Gasteiger partial charge in [-0.1, -0.05) is 0 Å². The largest absolute Gasteiger partial charge is 0.464 e. The van der Waals surface area contributed by atoms with Gasteiger partial charge in [-0.2, -0.15) is 0 Å². The van der Waals surface area contributed by atoms with E-state index in [0.29, 0.717) is 8.17 Å². The molecule has 1 aromatic heterocycles. The van der Waals surface area contributed by atoms with Crippen LogP contribution in [0.1, 0.15) is 22.5 Å². The summed E-state index contributed by atoms with van der Waals surface area (Å²) >= 11 is 4.90. The predicted octanol–water partition coefficient (Wildman–Crippen LogP) is 3.17. The number of hydrogen-bond acceptors (Lipinski definition) is 3. The van der Waals surface area contributed by atoms with E-state index in [1.807, 2.05) is 22.6 Å². The summed E-state index contributed by atoms with van der Waals surface area (Å²) in [6.07, 6.45) is -2.76. The number of pyridine rings is 1. The Morgan fingerprint density at radius 3 is 2.73 bits per heavy atom. The van der Waals surface area contributed by atoms with Gasteiger partial charge in [0.25, 0.3) is 6.43 Å². The summed E-state index contributed by atoms with van der Waals surface area (Å²) in [6.45, 7) is 0. The van der Waals surface area contributed by atoms with Crippen LogP contribution >= 0.6 is 38.5 Å². The molecule has 1 aromatic rings. The lowest BCUT2D eigenvalue weighted by molar-refractivity contribution is 0.0581. The molecule has 0 aliphatic rings. The van der Waals surface area contributed by atoms with Gasteiger partial charge >= 0.3 is 5.97 Å². The molecule has 15 heavy (non-hydrogen) atoms. The number of rotatable bonds is 2. The van der Waals surface area contributed by atoms with Crippen LogP contribution in [0.4, 0.5) is 8.78 Å². The van der Waals surface area contributed by atoms with Crippen LogP contribution in [-0.2, 0) is 4.74 Å². The van der Waals surface area contributed by atoms with Crippen molar-refractivity contribution in [3.63, 3.8) is 0 Å². The highest BCUT2D eigenvalue weighted by atomic mass is 127. The van der Waals surface area contributed by atoms with Gasteiger partial charge in [-0.15, -0.1) is 0 Å². The molecule has 0 fully saturated rings. The maximum absolute atomic E-state index is 12.6. The molecule has 0 saturated carbocycles. The number of hydrogen-bond donors (Lipinski definition) is 0. The molecule has 0 radical (unpaired) electrons. The minimum Gasteiger partial charge on any atom is -0.464 e. The molecule has 1 heterocycles. The van der Waals surface area contributed by atoms with Crippen molar-refractivity contribution < 1.29 is 18.3 Å². The van der Waals surface area contributed by atoms with Gasteiger partial charge in [-0.25, -0.2) is 18.6 Å². The van der Waals surface area contributed by atoms with Gasteiger partial charge in [0.15, 0.2) is 5.69 Å². The van der Waals surface area contributed by atoms with Crippen LogP contribution < -0.4 is 0 Å². The second-order valence-corrected chi connectivity index (χ2v) is 4.40. The van der Waals surface area contributed by atoms with Crippen LogP contribution in [0.3, 0.4) is 0 Å². The molecular formula is C8H5BrF2INO2. The Bertz CT molecular complexity index is 400. The van der Waals surface area contributed by atoms with Crippen molar-refractivity contribution in [1.82, 2.24) is 4.98 Å². The summed E-state index contributed by atoms with van der Waals surface area (Å²) < 4.78 is 30.4. The first-order chi connectivity index (χ1) is 6.97. The highest BCUT2D eigenvalue weighted by molar-refractivity contribution is 14.1. The molecule has 0 bridgehead atoms. The zero-order chi connectivity index (χ0) is 11.6. The van der Waals surface area contributed by atoms with Crippen molar-refractivity contribution in [2.45, 2.75) is 6.43 Å². The first-order valence-corrected chi connectivity index (χ1v) is 5.57. The van der Waals surface area contributed by atoms with Gasteiger partial charge in [-0.05, 0) is 44.6 Å². The van der Waals surface area contributed by atoms with Crippen LogP contribution in [0.25, 0.3) is 0 Å². The number of aromatic nitrogens is 1. The third kappa shape index (κ3) is 2.83. The van der Waals surface area contributed by atoms with E-state index in [0.717, 1.165) is 7.11 Å². The Hall–Kier alpha value is -0.310. The van der Waals surface area contributed by atoms with Crippen molar-refractivity contribution in [3.05, 3.63) is 25.5 Å². The van der Waals surface area contributed by atoms with Crippen LogP contribution in [0.2, 0.25) is 0 Å². The fraction of sp³-hybridized carbons (Fsp3) is 0.250. The van der Waals surface area contributed by atoms with E-state index in [9.17, 15) is 13.6 Å². The number of methoxy groups -OCH3 is 1. The molecule has 82 valence electrons. The van der Waals surface area contributed by atoms with E-state index in [1.165, 1.54) is 6.07 Å². The number of alkyl halides is 2. The van der Waals surface area contributed by atoms with E-state index in [1.54, 1.807) is 0 Å². The fourth-order valence-electron chi connectivity index (χ4n) is 0.907. The van der Waals surface area contributed by atoms with Crippen molar-refractivity contribution in [3.8, 4) is 0 Å². The lowest BCUT2D eigenvalue weighted by Gasteiger charge is -2.07. The van der Waals surface area contributed by atoms with Gasteiger partial charge in [0, 0.05) is 3.57 Å². The van der Waals surface area contributed by atoms with E-state index < -0.39 is 18.0 Å². The number of halogens is 4. The third-order valence-electron chi connectivity index (χ3n) is 1.58. The number of carbonyl (C=O) groups is 1.